The predicted octanol–water partition coefficient (Wildman–Crippen LogP) is -1.32. The Kier molecular flexibility index (Phi) is 17.8. The fourth-order valence-corrected chi connectivity index (χ4v) is 16.1. The first-order valence-corrected chi connectivity index (χ1v) is 27.7. The molecule has 0 aromatic heterocycles. The maximum Gasteiger partial charge on any atom is 0.335 e. The number of carbonyl (C=O) groups is 3. The van der Waals surface area contributed by atoms with Gasteiger partial charge in [-0.2, -0.15) is 0 Å². The smallest absolute Gasteiger partial charge is 0.335 e. The van der Waals surface area contributed by atoms with Gasteiger partial charge in [0.2, 0.25) is 0 Å². The van der Waals surface area contributed by atoms with Gasteiger partial charge in [-0.15, -0.1) is 0 Å². The summed E-state index contributed by atoms with van der Waals surface area (Å²) in [5, 5.41) is 144. The Bertz CT molecular complexity index is 2290. The predicted molar refractivity (Wildman–Crippen MR) is 269 cm³/mol. The standard InChI is InChI=1S/C55H86O24/c1-10-23(2)46(71)79-44-43(68)55(22-72-24(3)59)26(17-50(44,4)5)25-11-12-30-51(6)15-14-32(52(7,21-58)29(51)13-16-53(30,8)54(25,9)18-31(55)60)75-49-41(77-48-38(66)36(64)34(62)28(20-57)74-48)39(67)40(42(78-49)45(69)70)76-47-37(65)35(63)33(61)27(19-56)73-47/h10-11,26-44,47-49,56-58,60-68H,12-22H2,1-9H3,(H,69,70)/b23-10+/t26-,27?,28?,29+,30+,31?,32?,33?,34?,35?,36?,37?,38?,39?,40?,41?,42?,43?,44?,47-,48+,49-,51-,52-,53-,54-,55+/m0/s1. The molecule has 3 saturated heterocycles. The van der Waals surface area contributed by atoms with Gasteiger partial charge in [-0.25, -0.2) is 9.59 Å². The van der Waals surface area contributed by atoms with Crippen LogP contribution in [-0.4, -0.2) is 227 Å². The number of fused-ring (bicyclic) bond motifs is 7. The van der Waals surface area contributed by atoms with Gasteiger partial charge in [-0.3, -0.25) is 4.79 Å². The van der Waals surface area contributed by atoms with E-state index in [4.69, 9.17) is 37.9 Å². The van der Waals surface area contributed by atoms with Gasteiger partial charge < -0.3 is 104 Å². The third kappa shape index (κ3) is 10.0. The van der Waals surface area contributed by atoms with Crippen molar-refractivity contribution in [2.45, 2.75) is 224 Å². The molecule has 8 rings (SSSR count). The molecule has 0 amide bonds. The third-order valence-electron chi connectivity index (χ3n) is 21.0. The number of carboxylic acid groups (broad SMARTS) is 1. The fraction of sp³-hybridized carbons (Fsp3) is 0.873. The molecule has 13 N–H and O–H groups in total. The number of ether oxygens (including phenoxy) is 8. The zero-order valence-electron chi connectivity index (χ0n) is 46.4. The lowest BCUT2D eigenvalue weighted by Crippen LogP contribution is -2.72. The van der Waals surface area contributed by atoms with Crippen molar-refractivity contribution in [1.29, 1.82) is 0 Å². The minimum absolute atomic E-state index is 0.0849. The number of hydrogen-bond donors (Lipinski definition) is 13. The van der Waals surface area contributed by atoms with Crippen LogP contribution in [-0.2, 0) is 52.3 Å². The summed E-state index contributed by atoms with van der Waals surface area (Å²) in [5.41, 5.74) is -3.78. The highest BCUT2D eigenvalue weighted by atomic mass is 16.8. The Morgan fingerprint density at radius 2 is 1.28 bits per heavy atom. The molecule has 0 bridgehead atoms. The monoisotopic (exact) mass is 1130 g/mol. The van der Waals surface area contributed by atoms with Gasteiger partial charge in [0.25, 0.3) is 0 Å². The number of aliphatic hydroxyl groups excluding tert-OH is 12. The molecule has 0 spiro atoms. The quantitative estimate of drug-likeness (QED) is 0.0415. The number of carbonyl (C=O) groups excluding carboxylic acids is 2. The molecule has 3 heterocycles. The summed E-state index contributed by atoms with van der Waals surface area (Å²) >= 11 is 0. The van der Waals surface area contributed by atoms with Gasteiger partial charge in [-0.05, 0) is 92.8 Å². The van der Waals surface area contributed by atoms with Crippen LogP contribution < -0.4 is 0 Å². The second kappa shape index (κ2) is 22.6. The number of carboxylic acids is 1. The van der Waals surface area contributed by atoms with Crippen molar-refractivity contribution >= 4 is 17.9 Å². The van der Waals surface area contributed by atoms with Crippen LogP contribution in [0.15, 0.2) is 23.3 Å². The normalized spacial score (nSPS) is 50.6. The van der Waals surface area contributed by atoms with Gasteiger partial charge in [0, 0.05) is 23.3 Å². The van der Waals surface area contributed by atoms with Crippen molar-refractivity contribution in [1.82, 2.24) is 0 Å². The van der Waals surface area contributed by atoms with Crippen molar-refractivity contribution in [3.8, 4) is 0 Å². The van der Waals surface area contributed by atoms with Crippen LogP contribution in [0, 0.1) is 50.2 Å². The zero-order chi connectivity index (χ0) is 58.4. The van der Waals surface area contributed by atoms with E-state index in [9.17, 15) is 80.8 Å². The number of aliphatic hydroxyl groups is 12. The largest absolute Gasteiger partial charge is 0.479 e. The number of aliphatic carboxylic acids is 1. The summed E-state index contributed by atoms with van der Waals surface area (Å²) in [6, 6.07) is 0. The zero-order valence-corrected chi connectivity index (χ0v) is 46.4. The van der Waals surface area contributed by atoms with Crippen molar-refractivity contribution in [3.63, 3.8) is 0 Å². The Morgan fingerprint density at radius 3 is 1.81 bits per heavy atom. The van der Waals surface area contributed by atoms with Crippen LogP contribution in [0.5, 0.6) is 0 Å². The topological polar surface area (TPSA) is 388 Å². The summed E-state index contributed by atoms with van der Waals surface area (Å²) in [6.45, 7) is 14.3. The minimum atomic E-state index is -2.18. The first-order valence-electron chi connectivity index (χ1n) is 27.7. The number of rotatable bonds is 14. The molecule has 450 valence electrons. The maximum absolute atomic E-state index is 13.3. The molecule has 27 atom stereocenters. The van der Waals surface area contributed by atoms with E-state index in [1.54, 1.807) is 19.9 Å². The highest BCUT2D eigenvalue weighted by Crippen LogP contribution is 2.76. The summed E-state index contributed by atoms with van der Waals surface area (Å²) < 4.78 is 47.7. The molecule has 3 aliphatic heterocycles. The second-order valence-corrected chi connectivity index (χ2v) is 25.6. The number of allylic oxidation sites excluding steroid dienone is 3. The van der Waals surface area contributed by atoms with Crippen LogP contribution >= 0.6 is 0 Å². The Hall–Kier alpha value is -2.83. The third-order valence-corrected chi connectivity index (χ3v) is 21.0. The molecule has 5 aliphatic carbocycles. The summed E-state index contributed by atoms with van der Waals surface area (Å²) in [4.78, 5) is 39.0. The molecular weight excluding hydrogens is 1040 g/mol. The first kappa shape index (κ1) is 62.2. The SMILES string of the molecule is C/C=C(\C)C(=O)OC1C(O)[C@@]2(COC(C)=O)C(O)C[C@@]3(C)C(=CC[C@@H]4[C@@]5(C)CCC(O[C@H]6OC(C(=O)O)C(O[C@@H]7OC(CO)C(O)C(O)C7O)C(O)C6O[C@H]6OC(CO)C(O)C(O)C6O)[C@@](C)(CO)[C@@H]5CC[C@@]43C)[C@@H]2CC1(C)C. The molecule has 0 radical (unpaired) electrons. The molecule has 24 heteroatoms. The van der Waals surface area contributed by atoms with Gasteiger partial charge in [-0.1, -0.05) is 59.3 Å². The van der Waals surface area contributed by atoms with Gasteiger partial charge in [0.1, 0.15) is 86.0 Å². The highest BCUT2D eigenvalue weighted by molar-refractivity contribution is 5.87. The minimum Gasteiger partial charge on any atom is -0.479 e. The Balaban J connectivity index is 1.11. The van der Waals surface area contributed by atoms with Crippen molar-refractivity contribution in [2.75, 3.05) is 26.4 Å². The lowest BCUT2D eigenvalue weighted by atomic mass is 9.33. The molecule has 16 unspecified atom stereocenters. The van der Waals surface area contributed by atoms with Gasteiger partial charge >= 0.3 is 17.9 Å². The van der Waals surface area contributed by atoms with Crippen LogP contribution in [0.3, 0.4) is 0 Å². The highest BCUT2D eigenvalue weighted by Gasteiger charge is 2.74. The van der Waals surface area contributed by atoms with E-state index in [1.807, 2.05) is 20.8 Å². The molecule has 0 aromatic rings. The lowest BCUT2D eigenvalue weighted by molar-refractivity contribution is -0.392. The van der Waals surface area contributed by atoms with Gasteiger partial charge in [0.05, 0.1) is 37.4 Å². The second-order valence-electron chi connectivity index (χ2n) is 25.6. The average molecular weight is 1130 g/mol. The average Bonchev–Trinajstić information content (AvgIpc) is 3.39. The summed E-state index contributed by atoms with van der Waals surface area (Å²) in [7, 11) is 0. The van der Waals surface area contributed by atoms with E-state index in [0.29, 0.717) is 37.7 Å². The van der Waals surface area contributed by atoms with E-state index in [-0.39, 0.29) is 31.3 Å². The number of hydrogen-bond acceptors (Lipinski definition) is 23. The molecule has 0 aromatic carbocycles. The van der Waals surface area contributed by atoms with E-state index in [0.717, 1.165) is 5.57 Å². The van der Waals surface area contributed by atoms with Crippen LogP contribution in [0.1, 0.15) is 107 Å². The van der Waals surface area contributed by atoms with Crippen LogP contribution in [0.2, 0.25) is 0 Å². The van der Waals surface area contributed by atoms with Crippen molar-refractivity contribution in [3.05, 3.63) is 23.3 Å². The summed E-state index contributed by atoms with van der Waals surface area (Å²) in [6.07, 6.45) is -26.8. The van der Waals surface area contributed by atoms with E-state index in [2.05, 4.69) is 26.8 Å². The van der Waals surface area contributed by atoms with Gasteiger partial charge in [0.15, 0.2) is 25.0 Å². The van der Waals surface area contributed by atoms with E-state index in [1.165, 1.54) is 6.92 Å². The van der Waals surface area contributed by atoms with Crippen molar-refractivity contribution in [2.24, 2.45) is 50.2 Å². The Morgan fingerprint density at radius 1 is 0.696 bits per heavy atom. The lowest BCUT2D eigenvalue weighted by Gasteiger charge is -2.72. The van der Waals surface area contributed by atoms with E-state index < -0.39 is 193 Å². The van der Waals surface area contributed by atoms with Crippen LogP contribution in [0.4, 0.5) is 0 Å². The fourth-order valence-electron chi connectivity index (χ4n) is 16.1. The van der Waals surface area contributed by atoms with Crippen molar-refractivity contribution < 1.29 is 119 Å². The number of esters is 2. The first-order chi connectivity index (χ1) is 36.9. The Labute approximate surface area is 459 Å². The molecule has 79 heavy (non-hydrogen) atoms. The van der Waals surface area contributed by atoms with E-state index >= 15 is 0 Å². The van der Waals surface area contributed by atoms with Crippen LogP contribution in [0.25, 0.3) is 0 Å². The molecule has 4 saturated carbocycles. The maximum atomic E-state index is 13.3. The summed E-state index contributed by atoms with van der Waals surface area (Å²) in [5.74, 6) is -3.82. The molecule has 24 nitrogen and oxygen atoms in total. The molecular formula is C55H86O24. The molecule has 7 fully saturated rings. The molecule has 8 aliphatic rings.